The van der Waals surface area contributed by atoms with E-state index < -0.39 is 17.4 Å². The van der Waals surface area contributed by atoms with Gasteiger partial charge in [0.05, 0.1) is 5.41 Å². The van der Waals surface area contributed by atoms with Crippen LogP contribution in [-0.2, 0) is 19.1 Å². The summed E-state index contributed by atoms with van der Waals surface area (Å²) in [6.07, 6.45) is 2.88. The molecule has 0 saturated carbocycles. The van der Waals surface area contributed by atoms with Gasteiger partial charge in [-0.05, 0) is 39.7 Å². The van der Waals surface area contributed by atoms with E-state index in [0.29, 0.717) is 19.4 Å². The average Bonchev–Trinajstić information content (AvgIpc) is 2.42. The van der Waals surface area contributed by atoms with Crippen LogP contribution in [0.5, 0.6) is 0 Å². The van der Waals surface area contributed by atoms with Crippen molar-refractivity contribution in [1.82, 2.24) is 0 Å². The molecule has 1 unspecified atom stereocenters. The molecule has 0 fully saturated rings. The summed E-state index contributed by atoms with van der Waals surface area (Å²) in [5, 5.41) is 0. The maximum Gasteiger partial charge on any atom is 0.323 e. The average molecular weight is 288 g/mol. The number of hydrogen-bond donors (Lipinski definition) is 2. The number of hydrogen-bond acceptors (Lipinski definition) is 6. The molecule has 6 nitrogen and oxygen atoms in total. The zero-order valence-electron chi connectivity index (χ0n) is 12.8. The minimum absolute atomic E-state index is 0.0367. The summed E-state index contributed by atoms with van der Waals surface area (Å²) in [5.74, 6) is -0.754. The predicted octanol–water partition coefficient (Wildman–Crippen LogP) is 0.965. The molecule has 0 aliphatic rings. The predicted molar refractivity (Wildman–Crippen MR) is 76.9 cm³/mol. The molecular formula is C14H28N2O4. The van der Waals surface area contributed by atoms with Crippen molar-refractivity contribution in [2.24, 2.45) is 16.9 Å². The van der Waals surface area contributed by atoms with Crippen LogP contribution in [0.1, 0.15) is 46.5 Å². The van der Waals surface area contributed by atoms with Crippen LogP contribution in [0.2, 0.25) is 0 Å². The van der Waals surface area contributed by atoms with Gasteiger partial charge in [0.1, 0.15) is 19.3 Å². The number of esters is 2. The Bertz CT molecular complexity index is 306. The Labute approximate surface area is 121 Å². The minimum Gasteiger partial charge on any atom is -0.462 e. The zero-order valence-corrected chi connectivity index (χ0v) is 12.8. The van der Waals surface area contributed by atoms with Crippen molar-refractivity contribution in [2.45, 2.75) is 52.5 Å². The van der Waals surface area contributed by atoms with Crippen molar-refractivity contribution in [3.63, 3.8) is 0 Å². The fraction of sp³-hybridized carbons (Fsp3) is 0.857. The van der Waals surface area contributed by atoms with Gasteiger partial charge in [-0.3, -0.25) is 9.59 Å². The molecule has 0 spiro atoms. The Morgan fingerprint density at radius 3 is 2.30 bits per heavy atom. The van der Waals surface area contributed by atoms with Crippen LogP contribution in [0.25, 0.3) is 0 Å². The standard InChI is InChI=1S/C14H28N2O4/c1-4-14(2,3)13(18)20-10-9-19-12(17)11(16)7-5-6-8-15/h11H,4-10,15-16H2,1-3H3. The Morgan fingerprint density at radius 2 is 1.75 bits per heavy atom. The minimum atomic E-state index is -0.635. The number of ether oxygens (including phenoxy) is 2. The van der Waals surface area contributed by atoms with Gasteiger partial charge in [0.15, 0.2) is 0 Å². The monoisotopic (exact) mass is 288 g/mol. The molecule has 4 N–H and O–H groups in total. The van der Waals surface area contributed by atoms with E-state index >= 15 is 0 Å². The summed E-state index contributed by atoms with van der Waals surface area (Å²) in [4.78, 5) is 23.2. The molecule has 0 rings (SSSR count). The lowest BCUT2D eigenvalue weighted by Crippen LogP contribution is -2.33. The van der Waals surface area contributed by atoms with Gasteiger partial charge < -0.3 is 20.9 Å². The van der Waals surface area contributed by atoms with Crippen LogP contribution < -0.4 is 11.5 Å². The molecule has 20 heavy (non-hydrogen) atoms. The summed E-state index contributed by atoms with van der Waals surface area (Å²) in [6, 6.07) is -0.635. The number of unbranched alkanes of at least 4 members (excludes halogenated alkanes) is 1. The quantitative estimate of drug-likeness (QED) is 0.458. The molecule has 0 aliphatic heterocycles. The first kappa shape index (κ1) is 18.9. The third-order valence-corrected chi connectivity index (χ3v) is 3.27. The third kappa shape index (κ3) is 7.45. The van der Waals surface area contributed by atoms with E-state index in [1.54, 1.807) is 0 Å². The van der Waals surface area contributed by atoms with E-state index in [1.807, 2.05) is 20.8 Å². The molecule has 0 aliphatic carbocycles. The fourth-order valence-corrected chi connectivity index (χ4v) is 1.35. The van der Waals surface area contributed by atoms with E-state index in [-0.39, 0.29) is 19.2 Å². The molecule has 0 aromatic heterocycles. The SMILES string of the molecule is CCC(C)(C)C(=O)OCCOC(=O)C(N)CCCCN. The molecule has 0 heterocycles. The summed E-state index contributed by atoms with van der Waals surface area (Å²) in [7, 11) is 0. The van der Waals surface area contributed by atoms with Crippen LogP contribution in [0, 0.1) is 5.41 Å². The highest BCUT2D eigenvalue weighted by atomic mass is 16.6. The smallest absolute Gasteiger partial charge is 0.323 e. The van der Waals surface area contributed by atoms with Crippen LogP contribution >= 0.6 is 0 Å². The van der Waals surface area contributed by atoms with Crippen LogP contribution in [0.4, 0.5) is 0 Å². The van der Waals surface area contributed by atoms with Gasteiger partial charge in [-0.15, -0.1) is 0 Å². The molecular weight excluding hydrogens is 260 g/mol. The molecule has 0 aromatic rings. The third-order valence-electron chi connectivity index (χ3n) is 3.27. The lowest BCUT2D eigenvalue weighted by atomic mass is 9.91. The number of rotatable bonds is 10. The molecule has 1 atom stereocenters. The summed E-state index contributed by atoms with van der Waals surface area (Å²) in [5.41, 5.74) is 10.5. The van der Waals surface area contributed by atoms with Gasteiger partial charge >= 0.3 is 11.9 Å². The molecule has 6 heteroatoms. The normalized spacial score (nSPS) is 12.8. The van der Waals surface area contributed by atoms with Crippen LogP contribution in [-0.4, -0.2) is 37.7 Å². The van der Waals surface area contributed by atoms with E-state index in [9.17, 15) is 9.59 Å². The van der Waals surface area contributed by atoms with E-state index in [0.717, 1.165) is 12.8 Å². The maximum absolute atomic E-state index is 11.6. The van der Waals surface area contributed by atoms with Gasteiger partial charge in [0.25, 0.3) is 0 Å². The molecule has 0 bridgehead atoms. The van der Waals surface area contributed by atoms with Gasteiger partial charge in [-0.2, -0.15) is 0 Å². The van der Waals surface area contributed by atoms with Crippen molar-refractivity contribution in [2.75, 3.05) is 19.8 Å². The fourth-order valence-electron chi connectivity index (χ4n) is 1.35. The van der Waals surface area contributed by atoms with Crippen LogP contribution in [0.3, 0.4) is 0 Å². The highest BCUT2D eigenvalue weighted by Gasteiger charge is 2.27. The lowest BCUT2D eigenvalue weighted by Gasteiger charge is -2.20. The van der Waals surface area contributed by atoms with E-state index in [1.165, 1.54) is 0 Å². The van der Waals surface area contributed by atoms with Gasteiger partial charge in [-0.1, -0.05) is 13.3 Å². The van der Waals surface area contributed by atoms with Crippen molar-refractivity contribution >= 4 is 11.9 Å². The second kappa shape index (κ2) is 9.72. The Kier molecular flexibility index (Phi) is 9.16. The van der Waals surface area contributed by atoms with Gasteiger partial charge in [0.2, 0.25) is 0 Å². The molecule has 0 radical (unpaired) electrons. The number of carbonyl (C=O) groups is 2. The highest BCUT2D eigenvalue weighted by molar-refractivity contribution is 5.76. The van der Waals surface area contributed by atoms with E-state index in [2.05, 4.69) is 0 Å². The van der Waals surface area contributed by atoms with Crippen LogP contribution in [0.15, 0.2) is 0 Å². The van der Waals surface area contributed by atoms with Gasteiger partial charge in [-0.25, -0.2) is 0 Å². The molecule has 0 aromatic carbocycles. The molecule has 118 valence electrons. The number of carbonyl (C=O) groups excluding carboxylic acids is 2. The maximum atomic E-state index is 11.6. The largest absolute Gasteiger partial charge is 0.462 e. The van der Waals surface area contributed by atoms with Crippen molar-refractivity contribution in [3.05, 3.63) is 0 Å². The molecule has 0 amide bonds. The first-order valence-electron chi connectivity index (χ1n) is 7.14. The van der Waals surface area contributed by atoms with Crippen molar-refractivity contribution in [1.29, 1.82) is 0 Å². The Balaban J connectivity index is 3.79. The summed E-state index contributed by atoms with van der Waals surface area (Å²) >= 11 is 0. The van der Waals surface area contributed by atoms with Gasteiger partial charge in [0, 0.05) is 0 Å². The highest BCUT2D eigenvalue weighted by Crippen LogP contribution is 2.21. The Hall–Kier alpha value is -1.14. The first-order chi connectivity index (χ1) is 9.35. The summed E-state index contributed by atoms with van der Waals surface area (Å²) in [6.45, 7) is 6.23. The second-order valence-corrected chi connectivity index (χ2v) is 5.43. The summed E-state index contributed by atoms with van der Waals surface area (Å²) < 4.78 is 10.0. The van der Waals surface area contributed by atoms with E-state index in [4.69, 9.17) is 20.9 Å². The Morgan fingerprint density at radius 1 is 1.15 bits per heavy atom. The topological polar surface area (TPSA) is 105 Å². The van der Waals surface area contributed by atoms with Crippen molar-refractivity contribution in [3.8, 4) is 0 Å². The first-order valence-corrected chi connectivity index (χ1v) is 7.14. The zero-order chi connectivity index (χ0) is 15.6. The molecule has 0 saturated heterocycles. The lowest BCUT2D eigenvalue weighted by molar-refractivity contribution is -0.159. The van der Waals surface area contributed by atoms with Crippen molar-refractivity contribution < 1.29 is 19.1 Å². The number of nitrogens with two attached hydrogens (primary N) is 2. The second-order valence-electron chi connectivity index (χ2n) is 5.43.